The van der Waals surface area contributed by atoms with Gasteiger partial charge in [0.1, 0.15) is 23.4 Å². The Kier molecular flexibility index (Phi) is 10.4. The fourth-order valence-corrected chi connectivity index (χ4v) is 4.75. The zero-order valence-corrected chi connectivity index (χ0v) is 25.1. The minimum atomic E-state index is -1.06. The van der Waals surface area contributed by atoms with E-state index in [-0.39, 0.29) is 18.7 Å². The van der Waals surface area contributed by atoms with Gasteiger partial charge in [0.25, 0.3) is 5.91 Å². The number of carbonyl (C=O) groups is 3. The fourth-order valence-electron chi connectivity index (χ4n) is 4.48. The summed E-state index contributed by atoms with van der Waals surface area (Å²) in [6, 6.07) is 17.0. The smallest absolute Gasteiger partial charge is 0.408 e. The van der Waals surface area contributed by atoms with E-state index in [2.05, 4.69) is 10.6 Å². The highest BCUT2D eigenvalue weighted by Gasteiger charge is 2.36. The van der Waals surface area contributed by atoms with Gasteiger partial charge in [0.15, 0.2) is 0 Å². The van der Waals surface area contributed by atoms with Gasteiger partial charge in [-0.2, -0.15) is 0 Å². The van der Waals surface area contributed by atoms with Gasteiger partial charge < -0.3 is 25.4 Å². The van der Waals surface area contributed by atoms with Crippen LogP contribution in [0.15, 0.2) is 66.7 Å². The van der Waals surface area contributed by atoms with E-state index in [9.17, 15) is 19.5 Å². The molecule has 3 rings (SSSR count). The number of nitrogens with zero attached hydrogens (tertiary/aromatic N) is 1. The molecule has 0 spiro atoms. The molecule has 9 heteroatoms. The van der Waals surface area contributed by atoms with Gasteiger partial charge in [-0.05, 0) is 76.4 Å². The van der Waals surface area contributed by atoms with Crippen molar-refractivity contribution in [2.75, 3.05) is 11.9 Å². The first-order valence-electron chi connectivity index (χ1n) is 13.5. The molecular formula is C32H38ClN3O5. The predicted molar refractivity (Wildman–Crippen MR) is 161 cm³/mol. The number of benzene rings is 3. The van der Waals surface area contributed by atoms with E-state index >= 15 is 0 Å². The molecular weight excluding hydrogens is 542 g/mol. The number of hydrogen-bond acceptors (Lipinski definition) is 5. The molecule has 3 amide bonds. The Bertz CT molecular complexity index is 1360. The van der Waals surface area contributed by atoms with Crippen molar-refractivity contribution in [2.45, 2.75) is 65.6 Å². The van der Waals surface area contributed by atoms with E-state index in [0.29, 0.717) is 21.8 Å². The molecule has 0 aliphatic rings. The number of amides is 3. The molecule has 0 bridgehead atoms. The summed E-state index contributed by atoms with van der Waals surface area (Å²) in [5.41, 5.74) is 2.70. The summed E-state index contributed by atoms with van der Waals surface area (Å²) < 4.78 is 5.45. The molecule has 0 radical (unpaired) electrons. The lowest BCUT2D eigenvalue weighted by Crippen LogP contribution is -2.53. The maximum absolute atomic E-state index is 14.2. The van der Waals surface area contributed by atoms with E-state index < -0.39 is 35.6 Å². The number of anilines is 1. The second-order valence-corrected chi connectivity index (χ2v) is 11.3. The van der Waals surface area contributed by atoms with Crippen LogP contribution in [0.3, 0.4) is 0 Å². The fraction of sp³-hybridized carbons (Fsp3) is 0.344. The number of hydrogen-bond donors (Lipinski definition) is 3. The zero-order valence-electron chi connectivity index (χ0n) is 24.3. The number of aryl methyl sites for hydroxylation is 2. The summed E-state index contributed by atoms with van der Waals surface area (Å²) in [5, 5.41) is 15.7. The third kappa shape index (κ3) is 8.72. The number of rotatable bonds is 9. The van der Waals surface area contributed by atoms with Gasteiger partial charge in [-0.1, -0.05) is 65.7 Å². The molecule has 0 aromatic heterocycles. The van der Waals surface area contributed by atoms with Crippen molar-refractivity contribution in [3.8, 4) is 5.75 Å². The summed E-state index contributed by atoms with van der Waals surface area (Å²) in [5.74, 6) is -0.829. The number of alkyl carbamates (subject to hydrolysis) is 1. The molecule has 0 saturated carbocycles. The predicted octanol–water partition coefficient (Wildman–Crippen LogP) is 6.33. The third-order valence-electron chi connectivity index (χ3n) is 6.38. The first kappa shape index (κ1) is 31.5. The monoisotopic (exact) mass is 579 g/mol. The molecule has 0 heterocycles. The Morgan fingerprint density at radius 2 is 1.66 bits per heavy atom. The first-order chi connectivity index (χ1) is 19.3. The van der Waals surface area contributed by atoms with E-state index in [1.807, 2.05) is 38.1 Å². The van der Waals surface area contributed by atoms with Crippen molar-refractivity contribution >= 4 is 35.2 Å². The number of aromatic hydroxyl groups is 1. The van der Waals surface area contributed by atoms with Gasteiger partial charge in [-0.3, -0.25) is 9.59 Å². The van der Waals surface area contributed by atoms with Crippen molar-refractivity contribution in [1.29, 1.82) is 0 Å². The molecule has 0 fully saturated rings. The maximum Gasteiger partial charge on any atom is 0.408 e. The molecule has 2 atom stereocenters. The van der Waals surface area contributed by atoms with Crippen molar-refractivity contribution < 1.29 is 24.2 Å². The largest absolute Gasteiger partial charge is 0.508 e. The molecule has 8 nitrogen and oxygen atoms in total. The van der Waals surface area contributed by atoms with Crippen LogP contribution in [0.5, 0.6) is 5.75 Å². The van der Waals surface area contributed by atoms with Gasteiger partial charge in [-0.25, -0.2) is 4.79 Å². The highest BCUT2D eigenvalue weighted by atomic mass is 35.5. The first-order valence-corrected chi connectivity index (χ1v) is 13.9. The number of likely N-dealkylation sites (N-methyl/N-ethyl adjacent to an activating group) is 1. The standard InChI is InChI=1S/C32H38ClN3O5/c1-7-36(30(39)26(34-31(40)41-32(4,5)6)19-22-14-16-24(37)17-15-22)28(23-12-8-10-20(2)18-23)29(38)35-27-21(3)11-9-13-25(27)33/h8-18,26,28,37H,7,19H2,1-6H3,(H,34,40)(H,35,38). The van der Waals surface area contributed by atoms with Crippen LogP contribution in [0.4, 0.5) is 10.5 Å². The number of carbonyl (C=O) groups excluding carboxylic acids is 3. The van der Waals surface area contributed by atoms with Crippen LogP contribution in [0.2, 0.25) is 5.02 Å². The van der Waals surface area contributed by atoms with Crippen LogP contribution in [0.1, 0.15) is 56.0 Å². The summed E-state index contributed by atoms with van der Waals surface area (Å²) in [4.78, 5) is 42.5. The molecule has 0 aliphatic carbocycles. The average Bonchev–Trinajstić information content (AvgIpc) is 2.88. The molecule has 3 N–H and O–H groups in total. The Balaban J connectivity index is 2.03. The van der Waals surface area contributed by atoms with Gasteiger partial charge >= 0.3 is 6.09 Å². The normalized spacial score (nSPS) is 12.7. The van der Waals surface area contributed by atoms with E-state index in [1.54, 1.807) is 58.0 Å². The van der Waals surface area contributed by atoms with Crippen LogP contribution in [-0.2, 0) is 20.7 Å². The van der Waals surface area contributed by atoms with Crippen molar-refractivity contribution in [3.05, 3.63) is 94.0 Å². The van der Waals surface area contributed by atoms with Crippen LogP contribution >= 0.6 is 11.6 Å². The highest BCUT2D eigenvalue weighted by Crippen LogP contribution is 2.30. The van der Waals surface area contributed by atoms with E-state index in [0.717, 1.165) is 11.1 Å². The second-order valence-electron chi connectivity index (χ2n) is 10.9. The van der Waals surface area contributed by atoms with Gasteiger partial charge in [0.2, 0.25) is 5.91 Å². The Labute approximate surface area is 246 Å². The van der Waals surface area contributed by atoms with Crippen LogP contribution < -0.4 is 10.6 Å². The molecule has 0 aliphatic heterocycles. The highest BCUT2D eigenvalue weighted by molar-refractivity contribution is 6.34. The van der Waals surface area contributed by atoms with Crippen LogP contribution in [0, 0.1) is 13.8 Å². The average molecular weight is 580 g/mol. The number of phenols is 1. The van der Waals surface area contributed by atoms with Crippen LogP contribution in [0.25, 0.3) is 0 Å². The van der Waals surface area contributed by atoms with Gasteiger partial charge in [-0.15, -0.1) is 0 Å². The molecule has 3 aromatic rings. The minimum Gasteiger partial charge on any atom is -0.508 e. The number of phenolic OH excluding ortho intramolecular Hbond substituents is 1. The third-order valence-corrected chi connectivity index (χ3v) is 6.69. The molecule has 3 aromatic carbocycles. The van der Waals surface area contributed by atoms with Crippen molar-refractivity contribution in [1.82, 2.24) is 10.2 Å². The lowest BCUT2D eigenvalue weighted by molar-refractivity contribution is -0.140. The summed E-state index contributed by atoms with van der Waals surface area (Å²) in [7, 11) is 0. The molecule has 41 heavy (non-hydrogen) atoms. The Morgan fingerprint density at radius 3 is 2.24 bits per heavy atom. The minimum absolute atomic E-state index is 0.0814. The topological polar surface area (TPSA) is 108 Å². The quantitative estimate of drug-likeness (QED) is 0.275. The zero-order chi connectivity index (χ0) is 30.3. The Hall–Kier alpha value is -4.04. The summed E-state index contributed by atoms with van der Waals surface area (Å²) >= 11 is 6.41. The number of nitrogens with one attached hydrogen (secondary N) is 2. The Morgan fingerprint density at radius 1 is 1.00 bits per heavy atom. The number of ether oxygens (including phenoxy) is 1. The molecule has 0 saturated heterocycles. The SMILES string of the molecule is CCN(C(=O)C(Cc1ccc(O)cc1)NC(=O)OC(C)(C)C)C(C(=O)Nc1c(C)cccc1Cl)c1cccc(C)c1. The van der Waals surface area contributed by atoms with Gasteiger partial charge in [0.05, 0.1) is 10.7 Å². The van der Waals surface area contributed by atoms with Crippen LogP contribution in [-0.4, -0.2) is 46.1 Å². The van der Waals surface area contributed by atoms with Crippen molar-refractivity contribution in [3.63, 3.8) is 0 Å². The maximum atomic E-state index is 14.2. The van der Waals surface area contributed by atoms with E-state index in [1.165, 1.54) is 17.0 Å². The van der Waals surface area contributed by atoms with Gasteiger partial charge in [0, 0.05) is 13.0 Å². The lowest BCUT2D eigenvalue weighted by atomic mass is 9.99. The van der Waals surface area contributed by atoms with Crippen molar-refractivity contribution in [2.24, 2.45) is 0 Å². The molecule has 2 unspecified atom stereocenters. The molecule has 218 valence electrons. The summed E-state index contributed by atoms with van der Waals surface area (Å²) in [6.07, 6.45) is -0.644. The lowest BCUT2D eigenvalue weighted by Gasteiger charge is -2.34. The summed E-state index contributed by atoms with van der Waals surface area (Å²) in [6.45, 7) is 10.9. The second kappa shape index (κ2) is 13.5. The van der Waals surface area contributed by atoms with E-state index in [4.69, 9.17) is 16.3 Å². The number of para-hydroxylation sites is 1. The number of halogens is 1.